The highest BCUT2D eigenvalue weighted by Crippen LogP contribution is 2.14. The summed E-state index contributed by atoms with van der Waals surface area (Å²) in [6, 6.07) is 0. The van der Waals surface area contributed by atoms with Crippen molar-refractivity contribution in [2.75, 3.05) is 20.2 Å². The molecule has 0 amide bonds. The Morgan fingerprint density at radius 2 is 2.44 bits per heavy atom. The fourth-order valence-corrected chi connectivity index (χ4v) is 1.28. The second-order valence-electron chi connectivity index (χ2n) is 2.53. The molecule has 1 aliphatic rings. The molecule has 0 aromatic carbocycles. The maximum atomic E-state index is 5.44. The summed E-state index contributed by atoms with van der Waals surface area (Å²) in [4.78, 5) is 2.27. The molecule has 0 aromatic rings. The third kappa shape index (κ3) is 1.66. The summed E-state index contributed by atoms with van der Waals surface area (Å²) in [5, 5.41) is 0. The number of nitrogens with zero attached hydrogens (tertiary/aromatic N) is 1. The van der Waals surface area contributed by atoms with Gasteiger partial charge in [0.25, 0.3) is 0 Å². The number of ether oxygens (including phenoxy) is 1. The Morgan fingerprint density at radius 1 is 1.67 bits per heavy atom. The van der Waals surface area contributed by atoms with Crippen LogP contribution in [0.4, 0.5) is 0 Å². The third-order valence-electron chi connectivity index (χ3n) is 1.81. The zero-order valence-electron chi connectivity index (χ0n) is 6.26. The van der Waals surface area contributed by atoms with Crippen molar-refractivity contribution < 1.29 is 4.74 Å². The lowest BCUT2D eigenvalue weighted by atomic mass is 10.4. The zero-order chi connectivity index (χ0) is 6.69. The van der Waals surface area contributed by atoms with Crippen molar-refractivity contribution in [1.82, 2.24) is 4.90 Å². The minimum atomic E-state index is 0.412. The van der Waals surface area contributed by atoms with E-state index in [9.17, 15) is 0 Å². The molecule has 0 unspecified atom stereocenters. The van der Waals surface area contributed by atoms with Crippen LogP contribution < -0.4 is 0 Å². The van der Waals surface area contributed by atoms with Crippen LogP contribution in [0, 0.1) is 0 Å². The average molecular weight is 129 g/mol. The second kappa shape index (κ2) is 3.18. The third-order valence-corrected chi connectivity index (χ3v) is 1.81. The largest absolute Gasteiger partial charge is 0.363 e. The van der Waals surface area contributed by atoms with E-state index in [1.807, 2.05) is 6.92 Å². The smallest absolute Gasteiger partial charge is 0.110 e. The van der Waals surface area contributed by atoms with E-state index < -0.39 is 0 Å². The summed E-state index contributed by atoms with van der Waals surface area (Å²) in [5.41, 5.74) is 0. The van der Waals surface area contributed by atoms with Crippen LogP contribution >= 0.6 is 0 Å². The molecule has 1 rings (SSSR count). The van der Waals surface area contributed by atoms with E-state index in [0.29, 0.717) is 6.23 Å². The molecule has 0 bridgehead atoms. The van der Waals surface area contributed by atoms with Crippen LogP contribution in [0.1, 0.15) is 19.8 Å². The van der Waals surface area contributed by atoms with Crippen molar-refractivity contribution >= 4 is 0 Å². The van der Waals surface area contributed by atoms with Gasteiger partial charge in [-0.2, -0.15) is 0 Å². The van der Waals surface area contributed by atoms with Gasteiger partial charge < -0.3 is 4.74 Å². The van der Waals surface area contributed by atoms with Crippen LogP contribution in [0.2, 0.25) is 0 Å². The van der Waals surface area contributed by atoms with Crippen LogP contribution in [-0.4, -0.2) is 31.3 Å². The molecule has 0 aromatic heterocycles. The molecule has 0 aliphatic carbocycles. The summed E-state index contributed by atoms with van der Waals surface area (Å²) in [7, 11) is 2.12. The molecular formula is C7H15NO. The van der Waals surface area contributed by atoms with Gasteiger partial charge in [0.05, 0.1) is 0 Å². The van der Waals surface area contributed by atoms with Gasteiger partial charge in [-0.05, 0) is 26.8 Å². The first-order chi connectivity index (χ1) is 4.34. The van der Waals surface area contributed by atoms with E-state index in [1.54, 1.807) is 0 Å². The minimum Gasteiger partial charge on any atom is -0.363 e. The van der Waals surface area contributed by atoms with E-state index in [4.69, 9.17) is 4.74 Å². The molecule has 1 fully saturated rings. The Hall–Kier alpha value is -0.0800. The molecule has 1 aliphatic heterocycles. The molecule has 0 N–H and O–H groups in total. The molecule has 54 valence electrons. The Morgan fingerprint density at radius 3 is 2.89 bits per heavy atom. The molecule has 1 saturated heterocycles. The Kier molecular flexibility index (Phi) is 2.49. The van der Waals surface area contributed by atoms with Crippen molar-refractivity contribution in [3.8, 4) is 0 Å². The monoisotopic (exact) mass is 129 g/mol. The predicted molar refractivity (Wildman–Crippen MR) is 37.3 cm³/mol. The second-order valence-corrected chi connectivity index (χ2v) is 2.53. The van der Waals surface area contributed by atoms with E-state index in [1.165, 1.54) is 19.4 Å². The summed E-state index contributed by atoms with van der Waals surface area (Å²) in [6.07, 6.45) is 2.92. The molecule has 1 heterocycles. The molecule has 0 radical (unpaired) electrons. The summed E-state index contributed by atoms with van der Waals surface area (Å²) in [6.45, 7) is 4.09. The van der Waals surface area contributed by atoms with Crippen molar-refractivity contribution in [3.05, 3.63) is 0 Å². The SMILES string of the molecule is CCO[C@H]1CCCN1C. The molecule has 0 saturated carbocycles. The molecule has 2 nitrogen and oxygen atoms in total. The van der Waals surface area contributed by atoms with Crippen LogP contribution in [0.5, 0.6) is 0 Å². The van der Waals surface area contributed by atoms with Gasteiger partial charge in [0, 0.05) is 13.2 Å². The summed E-state index contributed by atoms with van der Waals surface area (Å²) in [5.74, 6) is 0. The van der Waals surface area contributed by atoms with Crippen molar-refractivity contribution in [2.24, 2.45) is 0 Å². The van der Waals surface area contributed by atoms with Gasteiger partial charge in [-0.3, -0.25) is 4.90 Å². The Labute approximate surface area is 56.8 Å². The summed E-state index contributed by atoms with van der Waals surface area (Å²) < 4.78 is 5.44. The van der Waals surface area contributed by atoms with Crippen LogP contribution in [0.15, 0.2) is 0 Å². The minimum absolute atomic E-state index is 0.412. The number of likely N-dealkylation sites (tertiary alicyclic amines) is 1. The van der Waals surface area contributed by atoms with Crippen molar-refractivity contribution in [1.29, 1.82) is 0 Å². The molecular weight excluding hydrogens is 114 g/mol. The first-order valence-corrected chi connectivity index (χ1v) is 3.66. The van der Waals surface area contributed by atoms with E-state index in [2.05, 4.69) is 11.9 Å². The van der Waals surface area contributed by atoms with Gasteiger partial charge in [0.15, 0.2) is 0 Å². The van der Waals surface area contributed by atoms with Gasteiger partial charge in [-0.25, -0.2) is 0 Å². The standard InChI is InChI=1S/C7H15NO/c1-3-9-7-5-4-6-8(7)2/h7H,3-6H2,1-2H3/t7-/m0/s1. The van der Waals surface area contributed by atoms with E-state index in [-0.39, 0.29) is 0 Å². The maximum Gasteiger partial charge on any atom is 0.110 e. The fraction of sp³-hybridized carbons (Fsp3) is 1.00. The predicted octanol–water partition coefficient (Wildman–Crippen LogP) is 1.07. The van der Waals surface area contributed by atoms with Crippen LogP contribution in [-0.2, 0) is 4.74 Å². The molecule has 1 atom stereocenters. The van der Waals surface area contributed by atoms with Gasteiger partial charge in [0.1, 0.15) is 6.23 Å². The topological polar surface area (TPSA) is 12.5 Å². The van der Waals surface area contributed by atoms with Gasteiger partial charge in [-0.15, -0.1) is 0 Å². The highest BCUT2D eigenvalue weighted by Gasteiger charge is 2.19. The molecule has 9 heavy (non-hydrogen) atoms. The Balaban J connectivity index is 2.22. The highest BCUT2D eigenvalue weighted by molar-refractivity contribution is 4.67. The maximum absolute atomic E-state index is 5.44. The molecule has 2 heteroatoms. The van der Waals surface area contributed by atoms with Gasteiger partial charge in [-0.1, -0.05) is 0 Å². The first kappa shape index (κ1) is 7.03. The van der Waals surface area contributed by atoms with Crippen molar-refractivity contribution in [2.45, 2.75) is 26.0 Å². The number of hydrogen-bond acceptors (Lipinski definition) is 2. The summed E-state index contributed by atoms with van der Waals surface area (Å²) >= 11 is 0. The quantitative estimate of drug-likeness (QED) is 0.553. The van der Waals surface area contributed by atoms with Gasteiger partial charge in [0.2, 0.25) is 0 Å². The zero-order valence-corrected chi connectivity index (χ0v) is 6.26. The fourth-order valence-electron chi connectivity index (χ4n) is 1.28. The first-order valence-electron chi connectivity index (χ1n) is 3.66. The van der Waals surface area contributed by atoms with E-state index in [0.717, 1.165) is 6.61 Å². The molecule has 0 spiro atoms. The normalized spacial score (nSPS) is 29.3. The highest BCUT2D eigenvalue weighted by atomic mass is 16.5. The lowest BCUT2D eigenvalue weighted by molar-refractivity contribution is -0.0168. The average Bonchev–Trinajstić information content (AvgIpc) is 2.18. The van der Waals surface area contributed by atoms with E-state index >= 15 is 0 Å². The number of hydrogen-bond donors (Lipinski definition) is 0. The van der Waals surface area contributed by atoms with Crippen LogP contribution in [0.25, 0.3) is 0 Å². The lowest BCUT2D eigenvalue weighted by Crippen LogP contribution is -2.27. The van der Waals surface area contributed by atoms with Crippen LogP contribution in [0.3, 0.4) is 0 Å². The van der Waals surface area contributed by atoms with Gasteiger partial charge >= 0.3 is 0 Å². The lowest BCUT2D eigenvalue weighted by Gasteiger charge is -2.18. The Bertz CT molecular complexity index is 85.0. The number of rotatable bonds is 2. The van der Waals surface area contributed by atoms with Crippen molar-refractivity contribution in [3.63, 3.8) is 0 Å².